The van der Waals surface area contributed by atoms with E-state index < -0.39 is 0 Å². The first-order valence-corrected chi connectivity index (χ1v) is 5.49. The van der Waals surface area contributed by atoms with Gasteiger partial charge in [0, 0.05) is 0 Å². The SMILES string of the molecule is COc1ccc2nc(Br)sc2c1Cl. The van der Waals surface area contributed by atoms with E-state index in [0.29, 0.717) is 10.8 Å². The van der Waals surface area contributed by atoms with Crippen LogP contribution < -0.4 is 4.74 Å². The molecule has 1 aromatic heterocycles. The molecule has 0 aliphatic rings. The Morgan fingerprint density at radius 1 is 1.54 bits per heavy atom. The number of ether oxygens (including phenoxy) is 1. The molecular formula is C8H5BrClNOS. The molecule has 0 saturated carbocycles. The number of nitrogens with zero attached hydrogens (tertiary/aromatic N) is 1. The van der Waals surface area contributed by atoms with Gasteiger partial charge in [0.25, 0.3) is 0 Å². The van der Waals surface area contributed by atoms with Crippen LogP contribution in [0.2, 0.25) is 5.02 Å². The van der Waals surface area contributed by atoms with Crippen LogP contribution >= 0.6 is 38.9 Å². The molecule has 2 rings (SSSR count). The Labute approximate surface area is 92.6 Å². The summed E-state index contributed by atoms with van der Waals surface area (Å²) in [5.74, 6) is 0.685. The summed E-state index contributed by atoms with van der Waals surface area (Å²) in [5.41, 5.74) is 0.891. The van der Waals surface area contributed by atoms with Gasteiger partial charge in [-0.1, -0.05) is 11.6 Å². The minimum atomic E-state index is 0.628. The van der Waals surface area contributed by atoms with Crippen LogP contribution in [-0.4, -0.2) is 12.1 Å². The van der Waals surface area contributed by atoms with Crippen molar-refractivity contribution in [1.82, 2.24) is 4.98 Å². The lowest BCUT2D eigenvalue weighted by Gasteiger charge is -2.01. The lowest BCUT2D eigenvalue weighted by molar-refractivity contribution is 0.415. The van der Waals surface area contributed by atoms with Crippen LogP contribution in [0.4, 0.5) is 0 Å². The second kappa shape index (κ2) is 3.44. The first kappa shape index (κ1) is 9.24. The van der Waals surface area contributed by atoms with Gasteiger partial charge in [-0.2, -0.15) is 0 Å². The highest BCUT2D eigenvalue weighted by molar-refractivity contribution is 9.11. The quantitative estimate of drug-likeness (QED) is 0.793. The lowest BCUT2D eigenvalue weighted by Crippen LogP contribution is -1.83. The van der Waals surface area contributed by atoms with E-state index in [1.54, 1.807) is 7.11 Å². The fourth-order valence-corrected chi connectivity index (χ4v) is 2.82. The van der Waals surface area contributed by atoms with Crippen molar-refractivity contribution >= 4 is 49.1 Å². The normalized spacial score (nSPS) is 10.7. The van der Waals surface area contributed by atoms with Gasteiger partial charge in [0.2, 0.25) is 0 Å². The van der Waals surface area contributed by atoms with Crippen LogP contribution in [-0.2, 0) is 0 Å². The molecule has 1 aromatic carbocycles. The van der Waals surface area contributed by atoms with Crippen molar-refractivity contribution in [3.8, 4) is 5.75 Å². The Morgan fingerprint density at radius 2 is 2.31 bits per heavy atom. The molecule has 0 radical (unpaired) electrons. The Balaban J connectivity index is 2.78. The van der Waals surface area contributed by atoms with E-state index in [4.69, 9.17) is 16.3 Å². The fourth-order valence-electron chi connectivity index (χ4n) is 1.07. The van der Waals surface area contributed by atoms with Crippen molar-refractivity contribution in [3.05, 3.63) is 21.1 Å². The van der Waals surface area contributed by atoms with Crippen molar-refractivity contribution in [3.63, 3.8) is 0 Å². The van der Waals surface area contributed by atoms with Crippen molar-refractivity contribution < 1.29 is 4.74 Å². The molecule has 2 aromatic rings. The molecule has 2 nitrogen and oxygen atoms in total. The smallest absolute Gasteiger partial charge is 0.160 e. The molecular weight excluding hydrogens is 274 g/mol. The molecule has 0 fully saturated rings. The van der Waals surface area contributed by atoms with Crippen molar-refractivity contribution in [2.75, 3.05) is 7.11 Å². The van der Waals surface area contributed by atoms with Gasteiger partial charge in [0.1, 0.15) is 10.8 Å². The van der Waals surface area contributed by atoms with Crippen LogP contribution in [0.3, 0.4) is 0 Å². The molecule has 0 amide bonds. The molecule has 0 atom stereocenters. The Kier molecular flexibility index (Phi) is 2.45. The van der Waals surface area contributed by atoms with Gasteiger partial charge in [0.05, 0.1) is 17.3 Å². The zero-order chi connectivity index (χ0) is 9.42. The third kappa shape index (κ3) is 1.54. The minimum Gasteiger partial charge on any atom is -0.495 e. The van der Waals surface area contributed by atoms with Gasteiger partial charge in [-0.15, -0.1) is 11.3 Å². The Bertz CT molecular complexity index is 457. The summed E-state index contributed by atoms with van der Waals surface area (Å²) >= 11 is 10.9. The van der Waals surface area contributed by atoms with E-state index in [9.17, 15) is 0 Å². The van der Waals surface area contributed by atoms with Crippen LogP contribution in [0.1, 0.15) is 0 Å². The Hall–Kier alpha value is -0.320. The standard InChI is InChI=1S/C8H5BrClNOS/c1-12-5-3-2-4-7(6(5)10)13-8(9)11-4/h2-3H,1H3. The van der Waals surface area contributed by atoms with Gasteiger partial charge >= 0.3 is 0 Å². The van der Waals surface area contributed by atoms with E-state index >= 15 is 0 Å². The summed E-state index contributed by atoms with van der Waals surface area (Å²) in [6, 6.07) is 3.71. The second-order valence-corrected chi connectivity index (χ2v) is 5.05. The summed E-state index contributed by atoms with van der Waals surface area (Å²) in [5, 5.41) is 0.628. The van der Waals surface area contributed by atoms with Crippen LogP contribution in [0.5, 0.6) is 5.75 Å². The molecule has 68 valence electrons. The van der Waals surface area contributed by atoms with Gasteiger partial charge in [-0.25, -0.2) is 4.98 Å². The van der Waals surface area contributed by atoms with E-state index in [1.807, 2.05) is 12.1 Å². The van der Waals surface area contributed by atoms with E-state index in [0.717, 1.165) is 14.1 Å². The zero-order valence-electron chi connectivity index (χ0n) is 6.67. The third-order valence-electron chi connectivity index (χ3n) is 1.66. The first-order valence-electron chi connectivity index (χ1n) is 3.51. The maximum Gasteiger partial charge on any atom is 0.160 e. The average molecular weight is 279 g/mol. The highest BCUT2D eigenvalue weighted by Gasteiger charge is 2.09. The van der Waals surface area contributed by atoms with Crippen molar-refractivity contribution in [2.45, 2.75) is 0 Å². The molecule has 0 aliphatic carbocycles. The summed E-state index contributed by atoms with van der Waals surface area (Å²) in [6.45, 7) is 0. The molecule has 5 heteroatoms. The molecule has 0 spiro atoms. The van der Waals surface area contributed by atoms with Crippen LogP contribution in [0.15, 0.2) is 16.0 Å². The number of hydrogen-bond donors (Lipinski definition) is 0. The highest BCUT2D eigenvalue weighted by Crippen LogP contribution is 2.37. The highest BCUT2D eigenvalue weighted by atomic mass is 79.9. The predicted molar refractivity (Wildman–Crippen MR) is 58.9 cm³/mol. The molecule has 0 bridgehead atoms. The van der Waals surface area contributed by atoms with Crippen LogP contribution in [0.25, 0.3) is 10.2 Å². The summed E-state index contributed by atoms with van der Waals surface area (Å²) in [7, 11) is 1.60. The minimum absolute atomic E-state index is 0.628. The average Bonchev–Trinajstić information content (AvgIpc) is 2.47. The van der Waals surface area contributed by atoms with Gasteiger partial charge in [0.15, 0.2) is 3.92 Å². The number of benzene rings is 1. The number of methoxy groups -OCH3 is 1. The molecule has 0 N–H and O–H groups in total. The van der Waals surface area contributed by atoms with E-state index in [1.165, 1.54) is 11.3 Å². The van der Waals surface area contributed by atoms with Gasteiger partial charge < -0.3 is 4.74 Å². The summed E-state index contributed by atoms with van der Waals surface area (Å²) in [6.07, 6.45) is 0. The molecule has 0 unspecified atom stereocenters. The number of hydrogen-bond acceptors (Lipinski definition) is 3. The number of thiazole rings is 1. The third-order valence-corrected chi connectivity index (χ3v) is 3.68. The largest absolute Gasteiger partial charge is 0.495 e. The van der Waals surface area contributed by atoms with Gasteiger partial charge in [-0.3, -0.25) is 0 Å². The summed E-state index contributed by atoms with van der Waals surface area (Å²) < 4.78 is 6.88. The number of rotatable bonds is 1. The van der Waals surface area contributed by atoms with E-state index in [2.05, 4.69) is 20.9 Å². The number of halogens is 2. The van der Waals surface area contributed by atoms with Crippen molar-refractivity contribution in [1.29, 1.82) is 0 Å². The van der Waals surface area contributed by atoms with Crippen molar-refractivity contribution in [2.24, 2.45) is 0 Å². The molecule has 0 aliphatic heterocycles. The Morgan fingerprint density at radius 3 is 3.00 bits per heavy atom. The molecule has 0 saturated heterocycles. The number of fused-ring (bicyclic) bond motifs is 1. The maximum atomic E-state index is 6.08. The van der Waals surface area contributed by atoms with Gasteiger partial charge in [-0.05, 0) is 28.1 Å². The molecule has 1 heterocycles. The lowest BCUT2D eigenvalue weighted by atomic mass is 10.3. The fraction of sp³-hybridized carbons (Fsp3) is 0.125. The second-order valence-electron chi connectivity index (χ2n) is 2.40. The monoisotopic (exact) mass is 277 g/mol. The zero-order valence-corrected chi connectivity index (χ0v) is 9.83. The maximum absolute atomic E-state index is 6.08. The topological polar surface area (TPSA) is 22.1 Å². The number of aromatic nitrogens is 1. The van der Waals surface area contributed by atoms with E-state index in [-0.39, 0.29) is 0 Å². The first-order chi connectivity index (χ1) is 6.22. The predicted octanol–water partition coefficient (Wildman–Crippen LogP) is 3.72. The summed E-state index contributed by atoms with van der Waals surface area (Å²) in [4.78, 5) is 4.24. The molecule has 13 heavy (non-hydrogen) atoms. The van der Waals surface area contributed by atoms with Crippen LogP contribution in [0, 0.1) is 0 Å².